The predicted octanol–water partition coefficient (Wildman–Crippen LogP) is 4.49. The Hall–Kier alpha value is -2.98. The van der Waals surface area contributed by atoms with Gasteiger partial charge in [-0.1, -0.05) is 71.9 Å². The van der Waals surface area contributed by atoms with Crippen molar-refractivity contribution in [3.63, 3.8) is 0 Å². The van der Waals surface area contributed by atoms with Crippen LogP contribution in [0.5, 0.6) is 0 Å². The fourth-order valence-corrected chi connectivity index (χ4v) is 3.16. The van der Waals surface area contributed by atoms with Crippen LogP contribution in [0.1, 0.15) is 11.8 Å². The summed E-state index contributed by atoms with van der Waals surface area (Å²) in [6, 6.07) is 26.8. The lowest BCUT2D eigenvalue weighted by Crippen LogP contribution is -2.16. The van der Waals surface area contributed by atoms with Crippen molar-refractivity contribution in [2.75, 3.05) is 7.11 Å². The number of hydrogen-bond donors (Lipinski definition) is 0. The van der Waals surface area contributed by atoms with Gasteiger partial charge >= 0.3 is 0 Å². The third kappa shape index (κ3) is 3.04. The van der Waals surface area contributed by atoms with Crippen molar-refractivity contribution in [1.29, 1.82) is 0 Å². The summed E-state index contributed by atoms with van der Waals surface area (Å²) in [7, 11) is 1.71. The van der Waals surface area contributed by atoms with Gasteiger partial charge in [0.15, 0.2) is 6.23 Å². The Balaban J connectivity index is 1.72. The molecule has 1 aromatic heterocycles. The molecular formula is C21H19N3O. The summed E-state index contributed by atoms with van der Waals surface area (Å²) in [5.41, 5.74) is 5.50. The maximum atomic E-state index is 5.76. The molecule has 0 fully saturated rings. The first kappa shape index (κ1) is 15.5. The molecule has 0 spiro atoms. The average Bonchev–Trinajstić information content (AvgIpc) is 3.11. The minimum Gasteiger partial charge on any atom is -0.359 e. The molecule has 1 heterocycles. The predicted molar refractivity (Wildman–Crippen MR) is 99.2 cm³/mol. The zero-order chi connectivity index (χ0) is 17.1. The Bertz CT molecular complexity index is 979. The first-order valence-electron chi connectivity index (χ1n) is 8.33. The van der Waals surface area contributed by atoms with Gasteiger partial charge < -0.3 is 4.74 Å². The molecule has 124 valence electrons. The molecule has 1 atom stereocenters. The van der Waals surface area contributed by atoms with Crippen molar-refractivity contribution in [2.45, 2.75) is 12.6 Å². The van der Waals surface area contributed by atoms with Crippen LogP contribution in [0.25, 0.3) is 22.2 Å². The maximum Gasteiger partial charge on any atom is 0.156 e. The van der Waals surface area contributed by atoms with Crippen LogP contribution in [0.3, 0.4) is 0 Å². The molecule has 3 aromatic carbocycles. The second kappa shape index (κ2) is 6.87. The van der Waals surface area contributed by atoms with Crippen LogP contribution in [0.4, 0.5) is 0 Å². The number of aromatic nitrogens is 3. The highest BCUT2D eigenvalue weighted by Gasteiger charge is 2.17. The van der Waals surface area contributed by atoms with Gasteiger partial charge in [-0.05, 0) is 28.8 Å². The van der Waals surface area contributed by atoms with Crippen molar-refractivity contribution in [3.05, 3.63) is 84.4 Å². The van der Waals surface area contributed by atoms with Crippen LogP contribution in [0.2, 0.25) is 0 Å². The van der Waals surface area contributed by atoms with E-state index in [4.69, 9.17) is 4.74 Å². The molecule has 0 amide bonds. The Morgan fingerprint density at radius 1 is 0.880 bits per heavy atom. The fraction of sp³-hybridized carbons (Fsp3) is 0.143. The van der Waals surface area contributed by atoms with Crippen LogP contribution in [-0.2, 0) is 11.2 Å². The summed E-state index contributed by atoms with van der Waals surface area (Å²) >= 11 is 0. The van der Waals surface area contributed by atoms with E-state index in [0.717, 1.165) is 17.5 Å². The molecule has 0 aliphatic heterocycles. The lowest BCUT2D eigenvalue weighted by molar-refractivity contribution is 0.0366. The summed E-state index contributed by atoms with van der Waals surface area (Å²) in [6.45, 7) is 0. The lowest BCUT2D eigenvalue weighted by Gasteiger charge is -2.18. The van der Waals surface area contributed by atoms with Crippen LogP contribution in [0.15, 0.2) is 78.9 Å². The van der Waals surface area contributed by atoms with Gasteiger partial charge in [-0.15, -0.1) is 5.10 Å². The van der Waals surface area contributed by atoms with E-state index in [-0.39, 0.29) is 6.23 Å². The second-order valence-electron chi connectivity index (χ2n) is 5.94. The number of ether oxygens (including phenoxy) is 1. The minimum atomic E-state index is -0.211. The number of para-hydroxylation sites is 1. The summed E-state index contributed by atoms with van der Waals surface area (Å²) in [5, 5.41) is 8.55. The highest BCUT2D eigenvalue weighted by atomic mass is 16.5. The average molecular weight is 329 g/mol. The Morgan fingerprint density at radius 2 is 1.60 bits per heavy atom. The molecule has 1 unspecified atom stereocenters. The van der Waals surface area contributed by atoms with Crippen LogP contribution < -0.4 is 0 Å². The van der Waals surface area contributed by atoms with Gasteiger partial charge in [0, 0.05) is 13.5 Å². The molecule has 0 bridgehead atoms. The monoisotopic (exact) mass is 329 g/mol. The maximum absolute atomic E-state index is 5.76. The third-order valence-corrected chi connectivity index (χ3v) is 4.42. The largest absolute Gasteiger partial charge is 0.359 e. The summed E-state index contributed by atoms with van der Waals surface area (Å²) in [5.74, 6) is 0. The van der Waals surface area contributed by atoms with E-state index in [1.165, 1.54) is 16.7 Å². The second-order valence-corrected chi connectivity index (χ2v) is 5.94. The standard InChI is InChI=1S/C21H19N3O/c1-25-21(24-20-14-8-7-13-19(20)22-23-24)15-17-11-5-6-12-18(17)16-9-3-2-4-10-16/h2-14,21H,15H2,1H3. The first-order valence-corrected chi connectivity index (χ1v) is 8.33. The number of hydrogen-bond acceptors (Lipinski definition) is 3. The van der Waals surface area contributed by atoms with E-state index < -0.39 is 0 Å². The van der Waals surface area contributed by atoms with Gasteiger partial charge in [0.05, 0.1) is 5.52 Å². The molecule has 4 aromatic rings. The smallest absolute Gasteiger partial charge is 0.156 e. The molecule has 0 N–H and O–H groups in total. The Kier molecular flexibility index (Phi) is 4.27. The van der Waals surface area contributed by atoms with Crippen LogP contribution >= 0.6 is 0 Å². The third-order valence-electron chi connectivity index (χ3n) is 4.42. The van der Waals surface area contributed by atoms with Gasteiger partial charge in [-0.3, -0.25) is 0 Å². The summed E-state index contributed by atoms with van der Waals surface area (Å²) in [6.07, 6.45) is 0.506. The fourth-order valence-electron chi connectivity index (χ4n) is 3.16. The van der Waals surface area contributed by atoms with E-state index >= 15 is 0 Å². The topological polar surface area (TPSA) is 39.9 Å². The van der Waals surface area contributed by atoms with E-state index in [2.05, 4.69) is 58.8 Å². The molecule has 4 rings (SSSR count). The Morgan fingerprint density at radius 3 is 2.44 bits per heavy atom. The van der Waals surface area contributed by atoms with E-state index in [0.29, 0.717) is 0 Å². The van der Waals surface area contributed by atoms with Crippen molar-refractivity contribution < 1.29 is 4.74 Å². The van der Waals surface area contributed by atoms with Crippen LogP contribution in [0, 0.1) is 0 Å². The SMILES string of the molecule is COC(Cc1ccccc1-c1ccccc1)n1nnc2ccccc21. The molecule has 0 aliphatic carbocycles. The number of fused-ring (bicyclic) bond motifs is 1. The minimum absolute atomic E-state index is 0.211. The lowest BCUT2D eigenvalue weighted by atomic mass is 9.97. The molecule has 25 heavy (non-hydrogen) atoms. The van der Waals surface area contributed by atoms with Crippen molar-refractivity contribution in [3.8, 4) is 11.1 Å². The summed E-state index contributed by atoms with van der Waals surface area (Å²) in [4.78, 5) is 0. The van der Waals surface area contributed by atoms with Crippen molar-refractivity contribution >= 4 is 11.0 Å². The zero-order valence-corrected chi connectivity index (χ0v) is 14.0. The molecule has 0 aliphatic rings. The van der Waals surface area contributed by atoms with Crippen molar-refractivity contribution in [2.24, 2.45) is 0 Å². The molecule has 0 radical (unpaired) electrons. The number of benzene rings is 3. The highest BCUT2D eigenvalue weighted by molar-refractivity contribution is 5.74. The quantitative estimate of drug-likeness (QED) is 0.542. The molecular weight excluding hydrogens is 310 g/mol. The van der Waals surface area contributed by atoms with Gasteiger partial charge in [-0.2, -0.15) is 0 Å². The number of methoxy groups -OCH3 is 1. The van der Waals surface area contributed by atoms with Gasteiger partial charge in [0.2, 0.25) is 0 Å². The highest BCUT2D eigenvalue weighted by Crippen LogP contribution is 2.28. The van der Waals surface area contributed by atoms with E-state index in [9.17, 15) is 0 Å². The summed E-state index contributed by atoms with van der Waals surface area (Å²) < 4.78 is 7.62. The molecule has 0 saturated carbocycles. The van der Waals surface area contributed by atoms with E-state index in [1.54, 1.807) is 7.11 Å². The first-order chi connectivity index (χ1) is 12.4. The molecule has 4 nitrogen and oxygen atoms in total. The van der Waals surface area contributed by atoms with Crippen molar-refractivity contribution in [1.82, 2.24) is 15.0 Å². The molecule has 4 heteroatoms. The van der Waals surface area contributed by atoms with Crippen LogP contribution in [-0.4, -0.2) is 22.1 Å². The normalized spacial score (nSPS) is 12.4. The van der Waals surface area contributed by atoms with Gasteiger partial charge in [-0.25, -0.2) is 4.68 Å². The van der Waals surface area contributed by atoms with Gasteiger partial charge in [0.25, 0.3) is 0 Å². The van der Waals surface area contributed by atoms with E-state index in [1.807, 2.05) is 35.0 Å². The van der Waals surface area contributed by atoms with Gasteiger partial charge in [0.1, 0.15) is 5.52 Å². The Labute approximate surface area is 146 Å². The number of rotatable bonds is 5. The molecule has 0 saturated heterocycles. The zero-order valence-electron chi connectivity index (χ0n) is 14.0. The number of nitrogens with zero attached hydrogens (tertiary/aromatic N) is 3.